The Labute approximate surface area is 105 Å². The van der Waals surface area contributed by atoms with Gasteiger partial charge in [-0.25, -0.2) is 4.52 Å². The summed E-state index contributed by atoms with van der Waals surface area (Å²) in [6, 6.07) is 5.85. The zero-order valence-corrected chi connectivity index (χ0v) is 10.6. The van der Waals surface area contributed by atoms with E-state index in [0.717, 1.165) is 5.65 Å². The summed E-state index contributed by atoms with van der Waals surface area (Å²) in [5.41, 5.74) is 0.784. The van der Waals surface area contributed by atoms with Crippen LogP contribution in [0, 0.1) is 0 Å². The molecule has 2 N–H and O–H groups in total. The number of anilines is 1. The Hall–Kier alpha value is -2.11. The zero-order chi connectivity index (χ0) is 13.0. The summed E-state index contributed by atoms with van der Waals surface area (Å²) in [6.45, 7) is 4.40. The monoisotopic (exact) mass is 247 g/mol. The Balaban J connectivity index is 1.85. The lowest BCUT2D eigenvalue weighted by atomic mass is 10.3. The number of hydrogen-bond donors (Lipinski definition) is 2. The Morgan fingerprint density at radius 3 is 3.00 bits per heavy atom. The van der Waals surface area contributed by atoms with Crippen LogP contribution < -0.4 is 10.6 Å². The topological polar surface area (TPSA) is 71.3 Å². The minimum Gasteiger partial charge on any atom is -0.354 e. The molecule has 6 heteroatoms. The lowest BCUT2D eigenvalue weighted by Gasteiger charge is -2.07. The molecular formula is C12H17N5O. The highest BCUT2D eigenvalue weighted by molar-refractivity contribution is 5.76. The fourth-order valence-corrected chi connectivity index (χ4v) is 1.59. The average Bonchev–Trinajstić information content (AvgIpc) is 2.70. The van der Waals surface area contributed by atoms with Crippen molar-refractivity contribution in [3.63, 3.8) is 0 Å². The van der Waals surface area contributed by atoms with E-state index in [-0.39, 0.29) is 11.9 Å². The Bertz CT molecular complexity index is 501. The van der Waals surface area contributed by atoms with Gasteiger partial charge >= 0.3 is 0 Å². The molecular weight excluding hydrogens is 230 g/mol. The number of aromatic nitrogens is 3. The third kappa shape index (κ3) is 3.19. The molecule has 0 atom stereocenters. The molecule has 6 nitrogen and oxygen atoms in total. The first kappa shape index (κ1) is 12.3. The van der Waals surface area contributed by atoms with Crippen molar-refractivity contribution in [3.05, 3.63) is 24.4 Å². The van der Waals surface area contributed by atoms with E-state index < -0.39 is 0 Å². The Morgan fingerprint density at radius 1 is 1.44 bits per heavy atom. The molecule has 1 amide bonds. The highest BCUT2D eigenvalue weighted by Gasteiger charge is 2.05. The highest BCUT2D eigenvalue weighted by Crippen LogP contribution is 2.04. The SMILES string of the molecule is CC(C)NC(=O)CCNc1nc2ccccn2n1. The lowest BCUT2D eigenvalue weighted by molar-refractivity contribution is -0.121. The van der Waals surface area contributed by atoms with Gasteiger partial charge in [0.2, 0.25) is 11.9 Å². The summed E-state index contributed by atoms with van der Waals surface area (Å²) in [5.74, 6) is 0.569. The number of nitrogens with zero attached hydrogens (tertiary/aromatic N) is 3. The van der Waals surface area contributed by atoms with Crippen LogP contribution in [0.5, 0.6) is 0 Å². The van der Waals surface area contributed by atoms with Crippen LogP contribution in [0.25, 0.3) is 5.65 Å². The van der Waals surface area contributed by atoms with Gasteiger partial charge in [-0.15, -0.1) is 5.10 Å². The molecule has 0 aromatic carbocycles. The summed E-state index contributed by atoms with van der Waals surface area (Å²) in [5, 5.41) is 10.1. The fourth-order valence-electron chi connectivity index (χ4n) is 1.59. The van der Waals surface area contributed by atoms with Gasteiger partial charge in [0.25, 0.3) is 0 Å². The molecule has 0 aliphatic carbocycles. The Kier molecular flexibility index (Phi) is 3.76. The van der Waals surface area contributed by atoms with E-state index in [1.165, 1.54) is 0 Å². The van der Waals surface area contributed by atoms with E-state index >= 15 is 0 Å². The first-order valence-corrected chi connectivity index (χ1v) is 6.00. The minimum atomic E-state index is 0.0289. The van der Waals surface area contributed by atoms with Crippen LogP contribution in [0.2, 0.25) is 0 Å². The van der Waals surface area contributed by atoms with Crippen molar-refractivity contribution in [3.8, 4) is 0 Å². The number of hydrogen-bond acceptors (Lipinski definition) is 4. The third-order valence-corrected chi connectivity index (χ3v) is 2.33. The lowest BCUT2D eigenvalue weighted by Crippen LogP contribution is -2.31. The molecule has 0 spiro atoms. The molecule has 2 aromatic rings. The number of fused-ring (bicyclic) bond motifs is 1. The number of nitrogens with one attached hydrogen (secondary N) is 2. The molecule has 18 heavy (non-hydrogen) atoms. The molecule has 0 bridgehead atoms. The molecule has 0 aliphatic heterocycles. The van der Waals surface area contributed by atoms with Gasteiger partial charge in [0, 0.05) is 25.2 Å². The van der Waals surface area contributed by atoms with Gasteiger partial charge in [-0.05, 0) is 26.0 Å². The predicted octanol–water partition coefficient (Wildman–Crippen LogP) is 1.06. The smallest absolute Gasteiger partial charge is 0.243 e. The number of pyridine rings is 1. The average molecular weight is 247 g/mol. The number of amides is 1. The summed E-state index contributed by atoms with van der Waals surface area (Å²) < 4.78 is 1.69. The summed E-state index contributed by atoms with van der Waals surface area (Å²) in [6.07, 6.45) is 2.24. The maximum atomic E-state index is 11.4. The van der Waals surface area contributed by atoms with Crippen LogP contribution in [-0.2, 0) is 4.79 Å². The van der Waals surface area contributed by atoms with Crippen molar-refractivity contribution in [2.45, 2.75) is 26.3 Å². The Morgan fingerprint density at radius 2 is 2.28 bits per heavy atom. The maximum Gasteiger partial charge on any atom is 0.243 e. The van der Waals surface area contributed by atoms with Crippen molar-refractivity contribution in [2.24, 2.45) is 0 Å². The molecule has 0 fully saturated rings. The number of rotatable bonds is 5. The molecule has 2 rings (SSSR count). The van der Waals surface area contributed by atoms with Crippen LogP contribution >= 0.6 is 0 Å². The van der Waals surface area contributed by atoms with E-state index in [0.29, 0.717) is 18.9 Å². The molecule has 0 aliphatic rings. The van der Waals surface area contributed by atoms with Crippen LogP contribution in [-0.4, -0.2) is 33.1 Å². The van der Waals surface area contributed by atoms with Crippen LogP contribution in [0.3, 0.4) is 0 Å². The van der Waals surface area contributed by atoms with Gasteiger partial charge in [-0.1, -0.05) is 6.07 Å². The third-order valence-electron chi connectivity index (χ3n) is 2.33. The molecule has 0 saturated heterocycles. The second-order valence-electron chi connectivity index (χ2n) is 4.34. The van der Waals surface area contributed by atoms with Crippen LogP contribution in [0.4, 0.5) is 5.95 Å². The van der Waals surface area contributed by atoms with Gasteiger partial charge < -0.3 is 10.6 Å². The molecule has 0 radical (unpaired) electrons. The minimum absolute atomic E-state index is 0.0289. The van der Waals surface area contributed by atoms with Gasteiger partial charge in [0.05, 0.1) is 0 Å². The van der Waals surface area contributed by atoms with Crippen molar-refractivity contribution >= 4 is 17.5 Å². The van der Waals surface area contributed by atoms with Gasteiger partial charge in [-0.3, -0.25) is 4.79 Å². The molecule has 2 heterocycles. The van der Waals surface area contributed by atoms with Crippen LogP contribution in [0.1, 0.15) is 20.3 Å². The molecule has 96 valence electrons. The molecule has 2 aromatic heterocycles. The van der Waals surface area contributed by atoms with Crippen molar-refractivity contribution in [1.82, 2.24) is 19.9 Å². The predicted molar refractivity (Wildman–Crippen MR) is 69.4 cm³/mol. The van der Waals surface area contributed by atoms with E-state index in [2.05, 4.69) is 20.7 Å². The number of carbonyl (C=O) groups is 1. The van der Waals surface area contributed by atoms with Crippen LogP contribution in [0.15, 0.2) is 24.4 Å². The second kappa shape index (κ2) is 5.48. The first-order valence-electron chi connectivity index (χ1n) is 6.00. The quantitative estimate of drug-likeness (QED) is 0.828. The summed E-state index contributed by atoms with van der Waals surface area (Å²) in [4.78, 5) is 15.7. The number of carbonyl (C=O) groups excluding carboxylic acids is 1. The van der Waals surface area contributed by atoms with E-state index in [1.807, 2.05) is 38.2 Å². The van der Waals surface area contributed by atoms with Crippen molar-refractivity contribution in [2.75, 3.05) is 11.9 Å². The fraction of sp³-hybridized carbons (Fsp3) is 0.417. The standard InChI is InChI=1S/C12H17N5O/c1-9(2)14-11(18)6-7-13-12-15-10-5-3-4-8-17(10)16-12/h3-5,8-9H,6-7H2,1-2H3,(H,13,16)(H,14,18). The van der Waals surface area contributed by atoms with E-state index in [4.69, 9.17) is 0 Å². The normalized spacial score (nSPS) is 10.8. The second-order valence-corrected chi connectivity index (χ2v) is 4.34. The summed E-state index contributed by atoms with van der Waals surface area (Å²) in [7, 11) is 0. The van der Waals surface area contributed by atoms with Gasteiger partial charge in [0.15, 0.2) is 5.65 Å². The summed E-state index contributed by atoms with van der Waals surface area (Å²) >= 11 is 0. The van der Waals surface area contributed by atoms with Crippen molar-refractivity contribution < 1.29 is 4.79 Å². The van der Waals surface area contributed by atoms with Gasteiger partial charge in [-0.2, -0.15) is 4.98 Å². The largest absolute Gasteiger partial charge is 0.354 e. The maximum absolute atomic E-state index is 11.4. The van der Waals surface area contributed by atoms with Gasteiger partial charge in [0.1, 0.15) is 0 Å². The molecule has 0 saturated carbocycles. The highest BCUT2D eigenvalue weighted by atomic mass is 16.1. The van der Waals surface area contributed by atoms with E-state index in [9.17, 15) is 4.79 Å². The molecule has 0 unspecified atom stereocenters. The van der Waals surface area contributed by atoms with E-state index in [1.54, 1.807) is 4.52 Å². The first-order chi connectivity index (χ1) is 8.65. The zero-order valence-electron chi connectivity index (χ0n) is 10.6. The van der Waals surface area contributed by atoms with Crippen molar-refractivity contribution in [1.29, 1.82) is 0 Å².